The zero-order valence-corrected chi connectivity index (χ0v) is 11.0. The van der Waals surface area contributed by atoms with Gasteiger partial charge in [-0.3, -0.25) is 0 Å². The maximum Gasteiger partial charge on any atom is 0.119 e. The van der Waals surface area contributed by atoms with E-state index in [0.717, 1.165) is 18.9 Å². The SMILES string of the molecule is CN(C)CCOc1ccc(-c2ccccc2)cc1. The van der Waals surface area contributed by atoms with Gasteiger partial charge in [0.15, 0.2) is 0 Å². The molecule has 0 atom stereocenters. The number of hydrogen-bond acceptors (Lipinski definition) is 2. The molecule has 0 amide bonds. The Morgan fingerprint density at radius 1 is 0.833 bits per heavy atom. The van der Waals surface area contributed by atoms with Crippen LogP contribution >= 0.6 is 0 Å². The molecule has 0 saturated heterocycles. The summed E-state index contributed by atoms with van der Waals surface area (Å²) >= 11 is 0. The Morgan fingerprint density at radius 3 is 2.06 bits per heavy atom. The van der Waals surface area contributed by atoms with Crippen molar-refractivity contribution in [3.05, 3.63) is 54.6 Å². The normalized spacial score (nSPS) is 10.6. The van der Waals surface area contributed by atoms with E-state index in [0.29, 0.717) is 0 Å². The molecule has 0 aromatic heterocycles. The van der Waals surface area contributed by atoms with E-state index in [9.17, 15) is 0 Å². The molecule has 0 aliphatic heterocycles. The number of benzene rings is 2. The molecular formula is C16H19NO. The van der Waals surface area contributed by atoms with Crippen molar-refractivity contribution >= 4 is 0 Å². The van der Waals surface area contributed by atoms with Gasteiger partial charge >= 0.3 is 0 Å². The molecule has 0 spiro atoms. The van der Waals surface area contributed by atoms with Crippen LogP contribution in [0, 0.1) is 0 Å². The third-order valence-electron chi connectivity index (χ3n) is 2.77. The van der Waals surface area contributed by atoms with Crippen molar-refractivity contribution in [2.75, 3.05) is 27.2 Å². The molecule has 18 heavy (non-hydrogen) atoms. The van der Waals surface area contributed by atoms with Crippen LogP contribution in [0.15, 0.2) is 54.6 Å². The molecule has 0 saturated carbocycles. The second-order valence-electron chi connectivity index (χ2n) is 4.54. The van der Waals surface area contributed by atoms with Gasteiger partial charge in [-0.2, -0.15) is 0 Å². The molecular weight excluding hydrogens is 222 g/mol. The lowest BCUT2D eigenvalue weighted by Gasteiger charge is -2.11. The van der Waals surface area contributed by atoms with Gasteiger partial charge in [-0.15, -0.1) is 0 Å². The molecule has 0 fully saturated rings. The van der Waals surface area contributed by atoms with Crippen LogP contribution in [0.4, 0.5) is 0 Å². The van der Waals surface area contributed by atoms with Gasteiger partial charge in [0.2, 0.25) is 0 Å². The molecule has 0 N–H and O–H groups in total. The summed E-state index contributed by atoms with van der Waals surface area (Å²) in [6, 6.07) is 18.6. The molecule has 0 aliphatic carbocycles. The first-order chi connectivity index (χ1) is 8.75. The Labute approximate surface area is 109 Å². The molecule has 0 bridgehead atoms. The third kappa shape index (κ3) is 3.60. The minimum absolute atomic E-state index is 0.720. The van der Waals surface area contributed by atoms with Crippen molar-refractivity contribution in [2.24, 2.45) is 0 Å². The van der Waals surface area contributed by atoms with Gasteiger partial charge in [0.1, 0.15) is 12.4 Å². The molecule has 0 heterocycles. The first kappa shape index (κ1) is 12.7. The second-order valence-corrected chi connectivity index (χ2v) is 4.54. The third-order valence-corrected chi connectivity index (χ3v) is 2.77. The minimum atomic E-state index is 0.720. The van der Waals surface area contributed by atoms with Crippen molar-refractivity contribution < 1.29 is 4.74 Å². The van der Waals surface area contributed by atoms with Crippen molar-refractivity contribution in [1.29, 1.82) is 0 Å². The van der Waals surface area contributed by atoms with E-state index in [1.807, 2.05) is 32.3 Å². The van der Waals surface area contributed by atoms with Crippen LogP contribution in [0.2, 0.25) is 0 Å². The van der Waals surface area contributed by atoms with Crippen molar-refractivity contribution in [2.45, 2.75) is 0 Å². The topological polar surface area (TPSA) is 12.5 Å². The average molecular weight is 241 g/mol. The Bertz CT molecular complexity index is 462. The summed E-state index contributed by atoms with van der Waals surface area (Å²) in [6.45, 7) is 1.65. The lowest BCUT2D eigenvalue weighted by Crippen LogP contribution is -2.19. The van der Waals surface area contributed by atoms with E-state index in [1.165, 1.54) is 11.1 Å². The predicted molar refractivity (Wildman–Crippen MR) is 75.9 cm³/mol. The standard InChI is InChI=1S/C16H19NO/c1-17(2)12-13-18-16-10-8-15(9-11-16)14-6-4-3-5-7-14/h3-11H,12-13H2,1-2H3. The van der Waals surface area contributed by atoms with Crippen LogP contribution in [-0.4, -0.2) is 32.1 Å². The van der Waals surface area contributed by atoms with E-state index >= 15 is 0 Å². The average Bonchev–Trinajstić information content (AvgIpc) is 2.40. The highest BCUT2D eigenvalue weighted by Gasteiger charge is 1.98. The zero-order valence-electron chi connectivity index (χ0n) is 11.0. The highest BCUT2D eigenvalue weighted by atomic mass is 16.5. The van der Waals surface area contributed by atoms with E-state index in [2.05, 4.69) is 41.3 Å². The lowest BCUT2D eigenvalue weighted by molar-refractivity contribution is 0.261. The fourth-order valence-electron chi connectivity index (χ4n) is 1.72. The van der Waals surface area contributed by atoms with Crippen LogP contribution < -0.4 is 4.74 Å². The van der Waals surface area contributed by atoms with Gasteiger partial charge in [-0.1, -0.05) is 42.5 Å². The van der Waals surface area contributed by atoms with Crippen molar-refractivity contribution in [3.63, 3.8) is 0 Å². The van der Waals surface area contributed by atoms with Gasteiger partial charge in [0.05, 0.1) is 0 Å². The number of ether oxygens (including phenoxy) is 1. The summed E-state index contributed by atoms with van der Waals surface area (Å²) in [7, 11) is 4.09. The fraction of sp³-hybridized carbons (Fsp3) is 0.250. The van der Waals surface area contributed by atoms with E-state index in [-0.39, 0.29) is 0 Å². The maximum atomic E-state index is 5.67. The first-order valence-electron chi connectivity index (χ1n) is 6.19. The summed E-state index contributed by atoms with van der Waals surface area (Å²) in [5, 5.41) is 0. The number of hydrogen-bond donors (Lipinski definition) is 0. The van der Waals surface area contributed by atoms with Crippen LogP contribution in [0.5, 0.6) is 5.75 Å². The molecule has 2 rings (SSSR count). The summed E-state index contributed by atoms with van der Waals surface area (Å²) < 4.78 is 5.67. The van der Waals surface area contributed by atoms with Crippen LogP contribution in [0.1, 0.15) is 0 Å². The van der Waals surface area contributed by atoms with E-state index in [1.54, 1.807) is 0 Å². The molecule has 2 heteroatoms. The summed E-state index contributed by atoms with van der Waals surface area (Å²) in [5.41, 5.74) is 2.45. The molecule has 2 aromatic rings. The molecule has 0 unspecified atom stereocenters. The highest BCUT2D eigenvalue weighted by molar-refractivity contribution is 5.63. The van der Waals surface area contributed by atoms with Gasteiger partial charge in [-0.25, -0.2) is 0 Å². The maximum absolute atomic E-state index is 5.67. The van der Waals surface area contributed by atoms with E-state index < -0.39 is 0 Å². The number of nitrogens with zero attached hydrogens (tertiary/aromatic N) is 1. The zero-order chi connectivity index (χ0) is 12.8. The monoisotopic (exact) mass is 241 g/mol. The quantitative estimate of drug-likeness (QED) is 0.796. The summed E-state index contributed by atoms with van der Waals surface area (Å²) in [5.74, 6) is 0.927. The Kier molecular flexibility index (Phi) is 4.37. The number of rotatable bonds is 5. The lowest BCUT2D eigenvalue weighted by atomic mass is 10.1. The van der Waals surface area contributed by atoms with Crippen LogP contribution in [-0.2, 0) is 0 Å². The predicted octanol–water partition coefficient (Wildman–Crippen LogP) is 3.29. The molecule has 0 radical (unpaired) electrons. The van der Waals surface area contributed by atoms with Gasteiger partial charge in [-0.05, 0) is 37.4 Å². The Hall–Kier alpha value is -1.80. The number of likely N-dealkylation sites (N-methyl/N-ethyl adjacent to an activating group) is 1. The largest absolute Gasteiger partial charge is 0.492 e. The highest BCUT2D eigenvalue weighted by Crippen LogP contribution is 2.21. The van der Waals surface area contributed by atoms with Gasteiger partial charge in [0.25, 0.3) is 0 Å². The van der Waals surface area contributed by atoms with Gasteiger partial charge < -0.3 is 9.64 Å². The van der Waals surface area contributed by atoms with Crippen LogP contribution in [0.25, 0.3) is 11.1 Å². The van der Waals surface area contributed by atoms with Crippen LogP contribution in [0.3, 0.4) is 0 Å². The Morgan fingerprint density at radius 2 is 1.44 bits per heavy atom. The molecule has 94 valence electrons. The second kappa shape index (κ2) is 6.22. The molecule has 0 aliphatic rings. The summed E-state index contributed by atoms with van der Waals surface area (Å²) in [6.07, 6.45) is 0. The fourth-order valence-corrected chi connectivity index (χ4v) is 1.72. The molecule has 2 aromatic carbocycles. The van der Waals surface area contributed by atoms with Crippen molar-refractivity contribution in [1.82, 2.24) is 4.90 Å². The van der Waals surface area contributed by atoms with Gasteiger partial charge in [0, 0.05) is 6.54 Å². The smallest absolute Gasteiger partial charge is 0.119 e. The van der Waals surface area contributed by atoms with Crippen molar-refractivity contribution in [3.8, 4) is 16.9 Å². The minimum Gasteiger partial charge on any atom is -0.492 e. The summed E-state index contributed by atoms with van der Waals surface area (Å²) in [4.78, 5) is 2.11. The first-order valence-corrected chi connectivity index (χ1v) is 6.19. The molecule has 2 nitrogen and oxygen atoms in total. The Balaban J connectivity index is 1.98. The van der Waals surface area contributed by atoms with E-state index in [4.69, 9.17) is 4.74 Å².